The quantitative estimate of drug-likeness (QED) is 0.233. The van der Waals surface area contributed by atoms with Crippen LogP contribution >= 0.6 is 22.6 Å². The summed E-state index contributed by atoms with van der Waals surface area (Å²) in [4.78, 5) is 11.2. The summed E-state index contributed by atoms with van der Waals surface area (Å²) in [7, 11) is 0. The number of halogens is 1. The minimum atomic E-state index is -0.458. The third-order valence-corrected chi connectivity index (χ3v) is 5.71. The molecule has 0 spiro atoms. The van der Waals surface area contributed by atoms with Gasteiger partial charge in [-0.25, -0.2) is 9.97 Å². The molecule has 0 amide bonds. The number of benzene rings is 3. The van der Waals surface area contributed by atoms with Gasteiger partial charge in [-0.2, -0.15) is 0 Å². The fourth-order valence-corrected chi connectivity index (χ4v) is 4.22. The second-order valence-corrected chi connectivity index (χ2v) is 8.25. The zero-order chi connectivity index (χ0) is 21.5. The van der Waals surface area contributed by atoms with Gasteiger partial charge in [0.2, 0.25) is 0 Å². The normalized spacial score (nSPS) is 10.9. The SMILES string of the molecule is Cc1cnc[nH]1.Ic1cn(C(c2ccccc2)(c2ccccc2)c2ccccc2)cn1. The molecule has 0 fully saturated rings. The molecule has 0 saturated heterocycles. The van der Waals surface area contributed by atoms with Gasteiger partial charge < -0.3 is 9.55 Å². The maximum Gasteiger partial charge on any atom is 0.121 e. The summed E-state index contributed by atoms with van der Waals surface area (Å²) in [5.74, 6) is 0. The van der Waals surface area contributed by atoms with E-state index in [1.54, 1.807) is 12.5 Å². The lowest BCUT2D eigenvalue weighted by Gasteiger charge is -2.37. The molecule has 3 aromatic carbocycles. The van der Waals surface area contributed by atoms with Crippen molar-refractivity contribution in [2.45, 2.75) is 12.5 Å². The summed E-state index contributed by atoms with van der Waals surface area (Å²) in [6, 6.07) is 31.9. The highest BCUT2D eigenvalue weighted by molar-refractivity contribution is 14.1. The first-order chi connectivity index (χ1) is 15.2. The van der Waals surface area contributed by atoms with Crippen molar-refractivity contribution in [3.05, 3.63) is 142 Å². The third-order valence-electron chi connectivity index (χ3n) is 5.15. The Morgan fingerprint density at radius 2 is 1.26 bits per heavy atom. The van der Waals surface area contributed by atoms with Gasteiger partial charge in [-0.3, -0.25) is 0 Å². The van der Waals surface area contributed by atoms with Crippen LogP contribution in [-0.2, 0) is 5.54 Å². The fraction of sp³-hybridized carbons (Fsp3) is 0.0769. The largest absolute Gasteiger partial charge is 0.349 e. The standard InChI is InChI=1S/C22H17IN2.C4H6N2/c23-21-16-25(17-24-21)22(18-10-4-1-5-11-18,19-12-6-2-7-13-19)20-14-8-3-9-15-20;1-4-2-5-3-6-4/h1-17H;2-3H,1H3,(H,5,6). The second-order valence-electron chi connectivity index (χ2n) is 7.15. The number of aromatic nitrogens is 4. The first-order valence-electron chi connectivity index (χ1n) is 10.0. The van der Waals surface area contributed by atoms with Gasteiger partial charge in [0.1, 0.15) is 9.24 Å². The summed E-state index contributed by atoms with van der Waals surface area (Å²) < 4.78 is 3.19. The van der Waals surface area contributed by atoms with Crippen LogP contribution in [-0.4, -0.2) is 19.5 Å². The van der Waals surface area contributed by atoms with Gasteiger partial charge in [0.25, 0.3) is 0 Å². The van der Waals surface area contributed by atoms with Crippen LogP contribution in [0.1, 0.15) is 22.4 Å². The van der Waals surface area contributed by atoms with E-state index >= 15 is 0 Å². The minimum Gasteiger partial charge on any atom is -0.349 e. The molecule has 0 atom stereocenters. The van der Waals surface area contributed by atoms with Crippen LogP contribution in [0.3, 0.4) is 0 Å². The van der Waals surface area contributed by atoms with Crippen molar-refractivity contribution in [2.24, 2.45) is 0 Å². The van der Waals surface area contributed by atoms with Crippen LogP contribution in [0.4, 0.5) is 0 Å². The van der Waals surface area contributed by atoms with Gasteiger partial charge in [-0.1, -0.05) is 91.0 Å². The molecule has 5 aromatic rings. The Balaban J connectivity index is 0.000000334. The third kappa shape index (κ3) is 4.46. The van der Waals surface area contributed by atoms with Crippen molar-refractivity contribution < 1.29 is 0 Å². The molecule has 0 aliphatic rings. The van der Waals surface area contributed by atoms with E-state index < -0.39 is 5.54 Å². The molecule has 0 bridgehead atoms. The molecule has 5 rings (SSSR count). The summed E-state index contributed by atoms with van der Waals surface area (Å²) in [6.45, 7) is 1.97. The van der Waals surface area contributed by atoms with E-state index in [0.717, 1.165) is 9.39 Å². The van der Waals surface area contributed by atoms with Crippen molar-refractivity contribution in [2.75, 3.05) is 0 Å². The van der Waals surface area contributed by atoms with E-state index in [1.165, 1.54) is 16.7 Å². The van der Waals surface area contributed by atoms with Gasteiger partial charge in [-0.05, 0) is 46.2 Å². The summed E-state index contributed by atoms with van der Waals surface area (Å²) in [6.07, 6.45) is 7.47. The lowest BCUT2D eigenvalue weighted by Crippen LogP contribution is -2.36. The number of aryl methyl sites for hydroxylation is 1. The van der Waals surface area contributed by atoms with Crippen LogP contribution in [0.25, 0.3) is 0 Å². The smallest absolute Gasteiger partial charge is 0.121 e. The Bertz CT molecular complexity index is 1090. The van der Waals surface area contributed by atoms with Crippen molar-refractivity contribution in [1.82, 2.24) is 19.5 Å². The Labute approximate surface area is 196 Å². The van der Waals surface area contributed by atoms with E-state index in [-0.39, 0.29) is 0 Å². The van der Waals surface area contributed by atoms with Gasteiger partial charge in [0, 0.05) is 18.1 Å². The Kier molecular flexibility index (Phi) is 6.62. The molecule has 2 aromatic heterocycles. The molecule has 2 heterocycles. The predicted molar refractivity (Wildman–Crippen MR) is 133 cm³/mol. The first kappa shape index (κ1) is 21.1. The van der Waals surface area contributed by atoms with Crippen molar-refractivity contribution in [3.8, 4) is 0 Å². The number of nitrogens with one attached hydrogen (secondary N) is 1. The Morgan fingerprint density at radius 3 is 1.55 bits per heavy atom. The average molecular weight is 518 g/mol. The molecule has 0 unspecified atom stereocenters. The molecule has 0 aliphatic heterocycles. The molecule has 4 nitrogen and oxygen atoms in total. The Morgan fingerprint density at radius 1 is 0.774 bits per heavy atom. The summed E-state index contributed by atoms with van der Waals surface area (Å²) in [5, 5.41) is 0. The van der Waals surface area contributed by atoms with Gasteiger partial charge in [0.15, 0.2) is 0 Å². The molecule has 0 radical (unpaired) electrons. The number of hydrogen-bond acceptors (Lipinski definition) is 2. The zero-order valence-corrected chi connectivity index (χ0v) is 19.3. The number of nitrogens with zero attached hydrogens (tertiary/aromatic N) is 3. The number of aromatic amines is 1. The second kappa shape index (κ2) is 9.75. The first-order valence-corrected chi connectivity index (χ1v) is 11.1. The number of imidazole rings is 2. The minimum absolute atomic E-state index is 0.458. The monoisotopic (exact) mass is 518 g/mol. The van der Waals surface area contributed by atoms with Crippen LogP contribution in [0.15, 0.2) is 116 Å². The van der Waals surface area contributed by atoms with Crippen LogP contribution in [0, 0.1) is 10.6 Å². The van der Waals surface area contributed by atoms with Crippen molar-refractivity contribution in [3.63, 3.8) is 0 Å². The van der Waals surface area contributed by atoms with Gasteiger partial charge >= 0.3 is 0 Å². The average Bonchev–Trinajstić information content (AvgIpc) is 3.48. The molecule has 5 heteroatoms. The molecular weight excluding hydrogens is 495 g/mol. The number of rotatable bonds is 4. The van der Waals surface area contributed by atoms with Crippen molar-refractivity contribution in [1.29, 1.82) is 0 Å². The maximum atomic E-state index is 4.51. The van der Waals surface area contributed by atoms with Crippen LogP contribution in [0.5, 0.6) is 0 Å². The summed E-state index contributed by atoms with van der Waals surface area (Å²) >= 11 is 2.27. The summed E-state index contributed by atoms with van der Waals surface area (Å²) in [5.41, 5.74) is 4.28. The highest BCUT2D eigenvalue weighted by atomic mass is 127. The predicted octanol–water partition coefficient (Wildman–Crippen LogP) is 6.05. The lowest BCUT2D eigenvalue weighted by molar-refractivity contribution is 0.514. The molecule has 1 N–H and O–H groups in total. The topological polar surface area (TPSA) is 46.5 Å². The highest BCUT2D eigenvalue weighted by Crippen LogP contribution is 2.40. The number of hydrogen-bond donors (Lipinski definition) is 1. The van der Waals surface area contributed by atoms with E-state index in [2.05, 4.69) is 139 Å². The zero-order valence-electron chi connectivity index (χ0n) is 17.2. The fourth-order valence-electron chi connectivity index (χ4n) is 3.79. The molecule has 154 valence electrons. The maximum absolute atomic E-state index is 4.51. The van der Waals surface area contributed by atoms with Crippen LogP contribution in [0.2, 0.25) is 0 Å². The van der Waals surface area contributed by atoms with E-state index in [9.17, 15) is 0 Å². The molecule has 0 saturated carbocycles. The molecular formula is C26H23IN4. The van der Waals surface area contributed by atoms with E-state index in [1.807, 2.05) is 13.3 Å². The van der Waals surface area contributed by atoms with Crippen molar-refractivity contribution >= 4 is 22.6 Å². The van der Waals surface area contributed by atoms with E-state index in [4.69, 9.17) is 0 Å². The van der Waals surface area contributed by atoms with Crippen LogP contribution < -0.4 is 0 Å². The lowest BCUT2D eigenvalue weighted by atomic mass is 9.77. The van der Waals surface area contributed by atoms with E-state index in [0.29, 0.717) is 0 Å². The molecule has 0 aliphatic carbocycles. The van der Waals surface area contributed by atoms with Gasteiger partial charge in [-0.15, -0.1) is 0 Å². The Hall–Kier alpha value is -3.19. The van der Waals surface area contributed by atoms with Gasteiger partial charge in [0.05, 0.1) is 12.7 Å². The number of H-pyrrole nitrogens is 1. The highest BCUT2D eigenvalue weighted by Gasteiger charge is 2.38. The molecule has 31 heavy (non-hydrogen) atoms.